The van der Waals surface area contributed by atoms with Crippen LogP contribution < -0.4 is 5.73 Å². The lowest BCUT2D eigenvalue weighted by Crippen LogP contribution is -2.53. The largest absolute Gasteiger partial charge is 0.375 e. The number of hydrogen-bond acceptors (Lipinski definition) is 3. The Morgan fingerprint density at radius 1 is 1.41 bits per heavy atom. The minimum Gasteiger partial charge on any atom is -0.375 e. The van der Waals surface area contributed by atoms with Crippen LogP contribution in [0.25, 0.3) is 0 Å². The molecule has 1 heterocycles. The molecule has 1 aliphatic heterocycles. The van der Waals surface area contributed by atoms with Gasteiger partial charge in [0.1, 0.15) is 0 Å². The third kappa shape index (κ3) is 4.22. The molecule has 2 rings (SSSR count). The van der Waals surface area contributed by atoms with Crippen LogP contribution in [0, 0.1) is 5.92 Å². The van der Waals surface area contributed by atoms with E-state index in [1.54, 1.807) is 0 Å². The van der Waals surface area contributed by atoms with Crippen LogP contribution in [0.4, 0.5) is 0 Å². The van der Waals surface area contributed by atoms with E-state index in [1.165, 1.54) is 0 Å². The van der Waals surface area contributed by atoms with E-state index in [2.05, 4.69) is 6.92 Å². The van der Waals surface area contributed by atoms with E-state index in [9.17, 15) is 4.79 Å². The first-order valence-electron chi connectivity index (χ1n) is 7.77. The Morgan fingerprint density at radius 2 is 2.05 bits per heavy atom. The summed E-state index contributed by atoms with van der Waals surface area (Å²) < 4.78 is 5.66. The quantitative estimate of drug-likeness (QED) is 0.925. The van der Waals surface area contributed by atoms with Crippen LogP contribution in [0.2, 0.25) is 0 Å². The zero-order chi connectivity index (χ0) is 15.4. The van der Waals surface area contributed by atoms with Crippen molar-refractivity contribution in [1.82, 2.24) is 4.90 Å². The number of carbonyl (C=O) groups excluding carboxylic acids is 1. The molecule has 1 aromatic rings. The van der Waals surface area contributed by atoms with Gasteiger partial charge >= 0.3 is 0 Å². The fourth-order valence-corrected chi connectivity index (χ4v) is 2.83. The molecule has 4 unspecified atom stereocenters. The van der Waals surface area contributed by atoms with Crippen molar-refractivity contribution in [1.29, 1.82) is 0 Å². The zero-order valence-corrected chi connectivity index (χ0v) is 14.4. The average Bonchev–Trinajstić information content (AvgIpc) is 2.53. The second-order valence-electron chi connectivity index (χ2n) is 5.92. The van der Waals surface area contributed by atoms with Gasteiger partial charge in [0.05, 0.1) is 24.7 Å². The first-order valence-corrected chi connectivity index (χ1v) is 7.77. The summed E-state index contributed by atoms with van der Waals surface area (Å²) in [6.07, 6.45) is 1.00. The van der Waals surface area contributed by atoms with E-state index in [4.69, 9.17) is 10.5 Å². The maximum atomic E-state index is 12.8. The Labute approximate surface area is 139 Å². The zero-order valence-electron chi connectivity index (χ0n) is 13.6. The number of halogens is 1. The molecule has 1 amide bonds. The highest BCUT2D eigenvalue weighted by molar-refractivity contribution is 5.85. The summed E-state index contributed by atoms with van der Waals surface area (Å²) in [6, 6.07) is 9.73. The lowest BCUT2D eigenvalue weighted by molar-refractivity contribution is -0.148. The van der Waals surface area contributed by atoms with Crippen molar-refractivity contribution in [2.75, 3.05) is 13.2 Å². The predicted octanol–water partition coefficient (Wildman–Crippen LogP) is 2.77. The van der Waals surface area contributed by atoms with Crippen molar-refractivity contribution in [3.63, 3.8) is 0 Å². The minimum atomic E-state index is -0.269. The molecule has 2 N–H and O–H groups in total. The third-order valence-electron chi connectivity index (χ3n) is 4.33. The van der Waals surface area contributed by atoms with E-state index >= 15 is 0 Å². The maximum Gasteiger partial charge on any atom is 0.227 e. The lowest BCUT2D eigenvalue weighted by atomic mass is 9.93. The Morgan fingerprint density at radius 3 is 2.64 bits per heavy atom. The van der Waals surface area contributed by atoms with Crippen molar-refractivity contribution in [2.45, 2.75) is 45.4 Å². The molecule has 0 bridgehead atoms. The van der Waals surface area contributed by atoms with Gasteiger partial charge in [-0.05, 0) is 18.9 Å². The second kappa shape index (κ2) is 8.51. The summed E-state index contributed by atoms with van der Waals surface area (Å²) in [7, 11) is 0. The molecule has 22 heavy (non-hydrogen) atoms. The maximum absolute atomic E-state index is 12.8. The van der Waals surface area contributed by atoms with Crippen LogP contribution in [-0.4, -0.2) is 36.1 Å². The van der Waals surface area contributed by atoms with Gasteiger partial charge in [0, 0.05) is 12.6 Å². The van der Waals surface area contributed by atoms with Gasteiger partial charge in [-0.1, -0.05) is 44.2 Å². The minimum absolute atomic E-state index is 0. The van der Waals surface area contributed by atoms with Crippen molar-refractivity contribution in [3.05, 3.63) is 35.9 Å². The number of hydrogen-bond donors (Lipinski definition) is 1. The third-order valence-corrected chi connectivity index (χ3v) is 4.33. The number of morpholine rings is 1. The Balaban J connectivity index is 0.00000242. The van der Waals surface area contributed by atoms with Crippen LogP contribution in [0.5, 0.6) is 0 Å². The van der Waals surface area contributed by atoms with E-state index < -0.39 is 0 Å². The molecule has 124 valence electrons. The summed E-state index contributed by atoms with van der Waals surface area (Å²) in [5.74, 6) is -0.0971. The van der Waals surface area contributed by atoms with Gasteiger partial charge < -0.3 is 15.4 Å². The summed E-state index contributed by atoms with van der Waals surface area (Å²) >= 11 is 0. The summed E-state index contributed by atoms with van der Waals surface area (Å²) in [6.45, 7) is 7.30. The van der Waals surface area contributed by atoms with E-state index in [1.807, 2.05) is 49.1 Å². The standard InChI is InChI=1S/C17H26N2O2.ClH/c1-4-15-11-21-12(2)10-19(15)17(20)13(3)16(18)14-8-6-5-7-9-14;/h5-9,12-13,15-16H,4,10-11,18H2,1-3H3;1H. The summed E-state index contributed by atoms with van der Waals surface area (Å²) in [5.41, 5.74) is 7.30. The van der Waals surface area contributed by atoms with Crippen molar-refractivity contribution in [3.8, 4) is 0 Å². The van der Waals surface area contributed by atoms with Crippen LogP contribution in [0.3, 0.4) is 0 Å². The van der Waals surface area contributed by atoms with Gasteiger partial charge in [0.15, 0.2) is 0 Å². The predicted molar refractivity (Wildman–Crippen MR) is 91.0 cm³/mol. The van der Waals surface area contributed by atoms with Gasteiger partial charge in [-0.15, -0.1) is 12.4 Å². The van der Waals surface area contributed by atoms with E-state index in [-0.39, 0.29) is 42.4 Å². The van der Waals surface area contributed by atoms with Gasteiger partial charge in [-0.25, -0.2) is 0 Å². The topological polar surface area (TPSA) is 55.6 Å². The molecular formula is C17H27ClN2O2. The van der Waals surface area contributed by atoms with Crippen LogP contribution in [-0.2, 0) is 9.53 Å². The molecule has 1 fully saturated rings. The average molecular weight is 327 g/mol. The van der Waals surface area contributed by atoms with Crippen LogP contribution in [0.15, 0.2) is 30.3 Å². The molecule has 5 heteroatoms. The van der Waals surface area contributed by atoms with Crippen molar-refractivity contribution >= 4 is 18.3 Å². The van der Waals surface area contributed by atoms with Crippen LogP contribution in [0.1, 0.15) is 38.8 Å². The smallest absolute Gasteiger partial charge is 0.227 e. The van der Waals surface area contributed by atoms with Gasteiger partial charge in [-0.2, -0.15) is 0 Å². The van der Waals surface area contributed by atoms with Gasteiger partial charge in [0.2, 0.25) is 5.91 Å². The lowest BCUT2D eigenvalue weighted by Gasteiger charge is -2.40. The highest BCUT2D eigenvalue weighted by atomic mass is 35.5. The number of carbonyl (C=O) groups is 1. The number of ether oxygens (including phenoxy) is 1. The van der Waals surface area contributed by atoms with Crippen LogP contribution >= 0.6 is 12.4 Å². The summed E-state index contributed by atoms with van der Waals surface area (Å²) in [5, 5.41) is 0. The SMILES string of the molecule is CCC1COC(C)CN1C(=O)C(C)C(N)c1ccccc1.Cl. The van der Waals surface area contributed by atoms with E-state index in [0.717, 1.165) is 12.0 Å². The van der Waals surface area contributed by atoms with E-state index in [0.29, 0.717) is 13.2 Å². The normalized spacial score (nSPS) is 24.3. The number of amides is 1. The molecule has 1 aliphatic rings. The molecule has 0 radical (unpaired) electrons. The number of benzene rings is 1. The monoisotopic (exact) mass is 326 g/mol. The number of nitrogens with zero attached hydrogens (tertiary/aromatic N) is 1. The molecule has 0 spiro atoms. The first kappa shape index (κ1) is 18.9. The second-order valence-corrected chi connectivity index (χ2v) is 5.92. The molecule has 0 aromatic heterocycles. The summed E-state index contributed by atoms with van der Waals surface area (Å²) in [4.78, 5) is 14.8. The van der Waals surface area contributed by atoms with Gasteiger partial charge in [-0.3, -0.25) is 4.79 Å². The first-order chi connectivity index (χ1) is 10.0. The molecule has 0 saturated carbocycles. The Kier molecular flexibility index (Phi) is 7.33. The van der Waals surface area contributed by atoms with Gasteiger partial charge in [0.25, 0.3) is 0 Å². The number of nitrogens with two attached hydrogens (primary N) is 1. The molecule has 4 atom stereocenters. The number of rotatable bonds is 4. The molecular weight excluding hydrogens is 300 g/mol. The highest BCUT2D eigenvalue weighted by Gasteiger charge is 2.34. The van der Waals surface area contributed by atoms with Crippen molar-refractivity contribution < 1.29 is 9.53 Å². The Bertz CT molecular complexity index is 469. The molecule has 4 nitrogen and oxygen atoms in total. The molecule has 0 aliphatic carbocycles. The molecule has 1 saturated heterocycles. The Hall–Kier alpha value is -1.10. The fourth-order valence-electron chi connectivity index (χ4n) is 2.83. The van der Waals surface area contributed by atoms with Crippen molar-refractivity contribution in [2.24, 2.45) is 11.7 Å². The molecule has 1 aromatic carbocycles. The highest BCUT2D eigenvalue weighted by Crippen LogP contribution is 2.24. The fraction of sp³-hybridized carbons (Fsp3) is 0.588.